The van der Waals surface area contributed by atoms with Crippen molar-refractivity contribution in [3.05, 3.63) is 70.8 Å². The van der Waals surface area contributed by atoms with Gasteiger partial charge >= 0.3 is 11.9 Å². The van der Waals surface area contributed by atoms with Crippen LogP contribution in [0.5, 0.6) is 0 Å². The van der Waals surface area contributed by atoms with Crippen molar-refractivity contribution in [3.63, 3.8) is 0 Å². The minimum absolute atomic E-state index is 0.257. The van der Waals surface area contributed by atoms with Gasteiger partial charge in [-0.2, -0.15) is 0 Å². The Morgan fingerprint density at radius 2 is 1.12 bits per heavy atom. The molecule has 124 valence electrons. The summed E-state index contributed by atoms with van der Waals surface area (Å²) in [7, 11) is 2.54. The molecule has 24 heavy (non-hydrogen) atoms. The molecule has 0 aliphatic carbocycles. The van der Waals surface area contributed by atoms with E-state index in [0.29, 0.717) is 16.7 Å². The van der Waals surface area contributed by atoms with E-state index in [4.69, 9.17) is 0 Å². The number of carbonyl (C=O) groups excluding carboxylic acids is 3. The van der Waals surface area contributed by atoms with E-state index in [1.165, 1.54) is 62.8 Å². The van der Waals surface area contributed by atoms with Crippen LogP contribution in [-0.2, 0) is 9.47 Å². The number of hydrogen-bond acceptors (Lipinski definition) is 6. The van der Waals surface area contributed by atoms with E-state index in [9.17, 15) is 19.5 Å². The molecule has 0 radical (unpaired) electrons. The van der Waals surface area contributed by atoms with Crippen molar-refractivity contribution in [2.24, 2.45) is 0 Å². The van der Waals surface area contributed by atoms with E-state index in [1.807, 2.05) is 0 Å². The number of methoxy groups -OCH3 is 2. The highest BCUT2D eigenvalue weighted by molar-refractivity contribution is 6.01. The molecule has 0 aliphatic rings. The Morgan fingerprint density at radius 3 is 1.54 bits per heavy atom. The van der Waals surface area contributed by atoms with Crippen LogP contribution in [0.2, 0.25) is 0 Å². The molecule has 0 aromatic heterocycles. The largest absolute Gasteiger partial charge is 0.465 e. The van der Waals surface area contributed by atoms with E-state index in [1.54, 1.807) is 0 Å². The Hall–Kier alpha value is -2.99. The quantitative estimate of drug-likeness (QED) is 0.668. The predicted octanol–water partition coefficient (Wildman–Crippen LogP) is 2.18. The zero-order chi connectivity index (χ0) is 17.7. The van der Waals surface area contributed by atoms with Crippen molar-refractivity contribution in [1.29, 1.82) is 0 Å². The van der Waals surface area contributed by atoms with Gasteiger partial charge in [0.05, 0.1) is 25.3 Å². The fourth-order valence-corrected chi connectivity index (χ4v) is 2.12. The molecule has 2 aromatic rings. The number of carbonyl (C=O) groups is 3. The van der Waals surface area contributed by atoms with Crippen LogP contribution < -0.4 is 0 Å². The summed E-state index contributed by atoms with van der Waals surface area (Å²) in [4.78, 5) is 35.1. The smallest absolute Gasteiger partial charge is 0.337 e. The van der Waals surface area contributed by atoms with Crippen LogP contribution in [-0.4, -0.2) is 37.0 Å². The fourth-order valence-electron chi connectivity index (χ4n) is 2.12. The first-order valence-electron chi connectivity index (χ1n) is 7.07. The molecule has 1 N–H and O–H groups in total. The van der Waals surface area contributed by atoms with Crippen molar-refractivity contribution in [2.45, 2.75) is 6.10 Å². The summed E-state index contributed by atoms with van der Waals surface area (Å²) in [6, 6.07) is 11.7. The molecule has 0 amide bonds. The first-order chi connectivity index (χ1) is 11.5. The number of esters is 2. The average molecular weight is 328 g/mol. The molecule has 6 heteroatoms. The van der Waals surface area contributed by atoms with E-state index >= 15 is 0 Å². The van der Waals surface area contributed by atoms with Gasteiger partial charge in [0.2, 0.25) is 0 Å². The minimum Gasteiger partial charge on any atom is -0.465 e. The van der Waals surface area contributed by atoms with Gasteiger partial charge in [-0.05, 0) is 29.8 Å². The maximum absolute atomic E-state index is 12.3. The molecule has 0 heterocycles. The highest BCUT2D eigenvalue weighted by atomic mass is 16.5. The van der Waals surface area contributed by atoms with Crippen molar-refractivity contribution in [3.8, 4) is 0 Å². The number of aliphatic hydroxyl groups is 1. The highest BCUT2D eigenvalue weighted by Gasteiger charge is 2.20. The molecule has 0 fully saturated rings. The van der Waals surface area contributed by atoms with Crippen molar-refractivity contribution >= 4 is 17.7 Å². The number of Topliss-reactive ketones (excluding diaryl/α,β-unsaturated/α-hetero) is 1. The number of aliphatic hydroxyl groups excluding tert-OH is 1. The Kier molecular flexibility index (Phi) is 5.44. The average Bonchev–Trinajstić information content (AvgIpc) is 2.65. The zero-order valence-corrected chi connectivity index (χ0v) is 13.2. The van der Waals surface area contributed by atoms with Gasteiger partial charge in [0.1, 0.15) is 6.10 Å². The van der Waals surface area contributed by atoms with Gasteiger partial charge in [-0.15, -0.1) is 0 Å². The summed E-state index contributed by atoms with van der Waals surface area (Å²) in [6.07, 6.45) is -1.37. The Bertz CT molecular complexity index is 746. The van der Waals surface area contributed by atoms with Crippen LogP contribution in [0.4, 0.5) is 0 Å². The molecule has 1 atom stereocenters. The molecule has 0 saturated carbocycles. The lowest BCUT2D eigenvalue weighted by atomic mass is 9.98. The summed E-state index contributed by atoms with van der Waals surface area (Å²) in [5.41, 5.74) is 1.24. The van der Waals surface area contributed by atoms with Crippen LogP contribution in [0, 0.1) is 0 Å². The first-order valence-corrected chi connectivity index (χ1v) is 7.07. The summed E-state index contributed by atoms with van der Waals surface area (Å²) < 4.78 is 9.17. The lowest BCUT2D eigenvalue weighted by molar-refractivity contribution is 0.0591. The van der Waals surface area contributed by atoms with Crippen LogP contribution in [0.25, 0.3) is 0 Å². The molecular weight excluding hydrogens is 312 g/mol. The normalized spacial score (nSPS) is 11.5. The maximum atomic E-state index is 12.3. The maximum Gasteiger partial charge on any atom is 0.337 e. The van der Waals surface area contributed by atoms with Gasteiger partial charge in [0, 0.05) is 5.56 Å². The van der Waals surface area contributed by atoms with Crippen molar-refractivity contribution < 1.29 is 29.0 Å². The molecule has 2 rings (SSSR count). The Morgan fingerprint density at radius 1 is 0.750 bits per heavy atom. The summed E-state index contributed by atoms with van der Waals surface area (Å²) in [6.45, 7) is 0. The molecule has 0 bridgehead atoms. The molecule has 0 spiro atoms. The molecular formula is C18H16O6. The van der Waals surface area contributed by atoms with Crippen LogP contribution in [0.1, 0.15) is 42.7 Å². The van der Waals surface area contributed by atoms with E-state index in [2.05, 4.69) is 9.47 Å². The van der Waals surface area contributed by atoms with Crippen LogP contribution in [0.15, 0.2) is 48.5 Å². The van der Waals surface area contributed by atoms with Gasteiger partial charge in [-0.1, -0.05) is 24.3 Å². The first kappa shape index (κ1) is 17.4. The molecule has 2 aromatic carbocycles. The zero-order valence-electron chi connectivity index (χ0n) is 13.2. The third kappa shape index (κ3) is 3.67. The number of ether oxygens (including phenoxy) is 2. The van der Waals surface area contributed by atoms with Crippen LogP contribution in [0.3, 0.4) is 0 Å². The Labute approximate surface area is 138 Å². The lowest BCUT2D eigenvalue weighted by Crippen LogP contribution is -2.13. The summed E-state index contributed by atoms with van der Waals surface area (Å²) in [5, 5.41) is 10.2. The van der Waals surface area contributed by atoms with E-state index in [0.717, 1.165) is 0 Å². The highest BCUT2D eigenvalue weighted by Crippen LogP contribution is 2.20. The van der Waals surface area contributed by atoms with Crippen molar-refractivity contribution in [2.75, 3.05) is 14.2 Å². The third-order valence-corrected chi connectivity index (χ3v) is 3.49. The molecule has 0 unspecified atom stereocenters. The summed E-state index contributed by atoms with van der Waals surface area (Å²) in [5.74, 6) is -1.52. The molecule has 0 saturated heterocycles. The van der Waals surface area contributed by atoms with E-state index in [-0.39, 0.29) is 5.56 Å². The predicted molar refractivity (Wildman–Crippen MR) is 84.9 cm³/mol. The second-order valence-electron chi connectivity index (χ2n) is 4.95. The number of rotatable bonds is 5. The third-order valence-electron chi connectivity index (χ3n) is 3.49. The van der Waals surface area contributed by atoms with E-state index < -0.39 is 23.8 Å². The van der Waals surface area contributed by atoms with Gasteiger partial charge < -0.3 is 14.6 Å². The monoisotopic (exact) mass is 328 g/mol. The van der Waals surface area contributed by atoms with Crippen molar-refractivity contribution in [1.82, 2.24) is 0 Å². The number of ketones is 1. The second-order valence-corrected chi connectivity index (χ2v) is 4.95. The molecule has 6 nitrogen and oxygen atoms in total. The minimum atomic E-state index is -1.37. The fraction of sp³-hybridized carbons (Fsp3) is 0.167. The summed E-state index contributed by atoms with van der Waals surface area (Å²) >= 11 is 0. The standard InChI is InChI=1S/C18H16O6/c1-23-17(21)13-7-3-11(4-8-13)15(19)16(20)12-5-9-14(10-6-12)18(22)24-2/h3-10,15,19H,1-2H3/t15-/m1/s1. The lowest BCUT2D eigenvalue weighted by Gasteiger charge is -2.11. The van der Waals surface area contributed by atoms with Gasteiger partial charge in [0.15, 0.2) is 5.78 Å². The molecule has 0 aliphatic heterocycles. The topological polar surface area (TPSA) is 89.9 Å². The number of benzene rings is 2. The SMILES string of the molecule is COC(=O)c1ccc(C(=O)[C@H](O)c2ccc(C(=O)OC)cc2)cc1. The van der Waals surface area contributed by atoms with Gasteiger partial charge in [0.25, 0.3) is 0 Å². The van der Waals surface area contributed by atoms with Gasteiger partial charge in [-0.3, -0.25) is 4.79 Å². The Balaban J connectivity index is 2.17. The second kappa shape index (κ2) is 7.52. The van der Waals surface area contributed by atoms with Gasteiger partial charge in [-0.25, -0.2) is 9.59 Å². The number of hydrogen-bond donors (Lipinski definition) is 1. The van der Waals surface area contributed by atoms with Crippen LogP contribution >= 0.6 is 0 Å².